The van der Waals surface area contributed by atoms with Crippen molar-refractivity contribution in [2.24, 2.45) is 0 Å². The van der Waals surface area contributed by atoms with E-state index in [9.17, 15) is 24.0 Å². The highest BCUT2D eigenvalue weighted by Gasteiger charge is 2.25. The Bertz CT molecular complexity index is 7570. The molecule has 0 saturated carbocycles. The monoisotopic (exact) mass is 1800 g/mol. The van der Waals surface area contributed by atoms with Crippen molar-refractivity contribution in [3.05, 3.63) is 293 Å². The molecule has 0 spiro atoms. The molecule has 132 heavy (non-hydrogen) atoms. The summed E-state index contributed by atoms with van der Waals surface area (Å²) in [4.78, 5) is 92.5. The van der Waals surface area contributed by atoms with E-state index in [-0.39, 0.29) is 36.1 Å². The lowest BCUT2D eigenvalue weighted by molar-refractivity contribution is 0.223. The van der Waals surface area contributed by atoms with Crippen LogP contribution in [-0.4, -0.2) is 148 Å². The molecule has 5 fully saturated rings. The first-order valence-electron chi connectivity index (χ1n) is 43.8. The van der Waals surface area contributed by atoms with Gasteiger partial charge in [-0.3, -0.25) is 13.2 Å². The Morgan fingerprint density at radius 2 is 0.682 bits per heavy atom. The van der Waals surface area contributed by atoms with E-state index in [1.807, 2.05) is 222 Å². The van der Waals surface area contributed by atoms with E-state index in [0.717, 1.165) is 186 Å². The van der Waals surface area contributed by atoms with Gasteiger partial charge >= 0.3 is 28.1 Å². The van der Waals surface area contributed by atoms with Crippen molar-refractivity contribution in [3.63, 3.8) is 0 Å². The molecule has 0 aliphatic carbocycles. The number of pyridine rings is 2. The van der Waals surface area contributed by atoms with Crippen LogP contribution >= 0.6 is 22.7 Å². The minimum Gasteiger partial charge on any atom is -0.489 e. The zero-order chi connectivity index (χ0) is 89.6. The number of hydrogen-bond acceptors (Lipinski definition) is 28. The maximum Gasteiger partial charge on any atom is 0.345 e. The maximum absolute atomic E-state index is 12.6. The first kappa shape index (κ1) is 84.2. The van der Waals surface area contributed by atoms with Gasteiger partial charge in [0, 0.05) is 168 Å². The summed E-state index contributed by atoms with van der Waals surface area (Å²) in [7, 11) is 0. The van der Waals surface area contributed by atoms with Crippen LogP contribution in [-0.2, 0) is 0 Å². The summed E-state index contributed by atoms with van der Waals surface area (Å²) in [5, 5.41) is 22.5. The number of benzene rings is 5. The van der Waals surface area contributed by atoms with Gasteiger partial charge < -0.3 is 81.2 Å². The quantitative estimate of drug-likeness (QED) is 0.0595. The van der Waals surface area contributed by atoms with Crippen molar-refractivity contribution in [1.82, 2.24) is 78.5 Å². The number of aromatic nitrogens is 11. The van der Waals surface area contributed by atoms with Crippen LogP contribution in [0.5, 0.6) is 28.7 Å². The number of imidazole rings is 5. The molecular weight excluding hydrogens is 1720 g/mol. The predicted molar refractivity (Wildman–Crippen MR) is 505 cm³/mol. The molecule has 5 aromatic carbocycles. The number of hydrogen-bond donors (Lipinski definition) is 5. The fourth-order valence-electron chi connectivity index (χ4n) is 16.8. The third-order valence-electron chi connectivity index (χ3n) is 23.6. The average Bonchev–Trinajstić information content (AvgIpc) is 1.61. The Labute approximate surface area is 757 Å². The van der Waals surface area contributed by atoms with E-state index in [0.29, 0.717) is 95.7 Å². The molecule has 20 heterocycles. The molecule has 666 valence electrons. The van der Waals surface area contributed by atoms with Crippen LogP contribution in [0.4, 0.5) is 0 Å². The number of fused-ring (bicyclic) bond motifs is 10. The van der Waals surface area contributed by atoms with Crippen molar-refractivity contribution in [3.8, 4) is 85.0 Å². The summed E-state index contributed by atoms with van der Waals surface area (Å²) in [5.41, 5.74) is 10.6. The number of thiazole rings is 2. The minimum atomic E-state index is -0.428. The zero-order valence-electron chi connectivity index (χ0n) is 72.1. The molecule has 20 aromatic rings. The molecule has 0 amide bonds. The fourth-order valence-corrected chi connectivity index (χ4v) is 18.3. The zero-order valence-corrected chi connectivity index (χ0v) is 73.8. The number of nitrogens with one attached hydrogen (secondary N) is 5. The smallest absolute Gasteiger partial charge is 0.345 e. The van der Waals surface area contributed by atoms with Crippen LogP contribution in [0.2, 0.25) is 0 Å². The molecular formula is C99H88N16O15S2. The van der Waals surface area contributed by atoms with Crippen LogP contribution in [0, 0.1) is 27.7 Å². The molecule has 0 radical (unpaired) electrons. The van der Waals surface area contributed by atoms with Gasteiger partial charge in [-0.25, -0.2) is 53.9 Å². The summed E-state index contributed by atoms with van der Waals surface area (Å²) >= 11 is 3.12. The summed E-state index contributed by atoms with van der Waals surface area (Å²) < 4.78 is 66.9. The molecule has 33 heteroatoms. The lowest BCUT2D eigenvalue weighted by atomic mass is 10.1. The van der Waals surface area contributed by atoms with E-state index >= 15 is 0 Å². The molecule has 5 atom stereocenters. The van der Waals surface area contributed by atoms with Crippen LogP contribution in [0.3, 0.4) is 0 Å². The highest BCUT2D eigenvalue weighted by Crippen LogP contribution is 2.34. The largest absolute Gasteiger partial charge is 0.489 e. The van der Waals surface area contributed by atoms with Gasteiger partial charge in [0.2, 0.25) is 5.78 Å². The molecule has 5 saturated heterocycles. The molecule has 5 aliphatic rings. The van der Waals surface area contributed by atoms with Crippen molar-refractivity contribution in [1.29, 1.82) is 0 Å². The molecule has 31 nitrogen and oxygen atoms in total. The summed E-state index contributed by atoms with van der Waals surface area (Å²) in [5.74, 6) is 4.14. The first-order chi connectivity index (χ1) is 64.4. The van der Waals surface area contributed by atoms with Crippen molar-refractivity contribution in [2.45, 2.75) is 90.3 Å². The number of rotatable bonds is 15. The van der Waals surface area contributed by atoms with Crippen LogP contribution in [0.1, 0.15) is 53.8 Å². The third kappa shape index (κ3) is 18.4. The second kappa shape index (κ2) is 36.3. The van der Waals surface area contributed by atoms with Gasteiger partial charge in [0.05, 0.1) is 56.3 Å². The van der Waals surface area contributed by atoms with E-state index in [4.69, 9.17) is 45.8 Å². The molecule has 5 aliphatic heterocycles. The van der Waals surface area contributed by atoms with Crippen molar-refractivity contribution < 1.29 is 45.8 Å². The van der Waals surface area contributed by atoms with E-state index in [1.54, 1.807) is 58.3 Å². The lowest BCUT2D eigenvalue weighted by Crippen LogP contribution is -2.19. The first-order valence-corrected chi connectivity index (χ1v) is 45.5. The topological polar surface area (TPSA) is 357 Å². The molecule has 5 N–H and O–H groups in total. The van der Waals surface area contributed by atoms with E-state index < -0.39 is 22.5 Å². The predicted octanol–water partition coefficient (Wildman–Crippen LogP) is 15.0. The minimum absolute atomic E-state index is 0.155. The molecule has 0 bridgehead atoms. The third-order valence-corrected chi connectivity index (χ3v) is 25.2. The number of aryl methyl sites for hydroxylation is 4. The van der Waals surface area contributed by atoms with Gasteiger partial charge in [0.15, 0.2) is 9.92 Å². The van der Waals surface area contributed by atoms with Gasteiger partial charge in [0.25, 0.3) is 0 Å². The Morgan fingerprint density at radius 3 is 1.08 bits per heavy atom. The van der Waals surface area contributed by atoms with Crippen molar-refractivity contribution in [2.75, 3.05) is 65.4 Å². The van der Waals surface area contributed by atoms with Gasteiger partial charge in [0.1, 0.15) is 98.5 Å². The summed E-state index contributed by atoms with van der Waals surface area (Å²) in [6.07, 6.45) is 24.6. The fraction of sp³-hybridized carbons (Fsp3) is 0.242. The Kier molecular flexibility index (Phi) is 23.2. The molecule has 0 unspecified atom stereocenters. The van der Waals surface area contributed by atoms with Gasteiger partial charge in [-0.1, -0.05) is 6.07 Å². The van der Waals surface area contributed by atoms with Gasteiger partial charge in [-0.05, 0) is 219 Å². The highest BCUT2D eigenvalue weighted by atomic mass is 32.1. The van der Waals surface area contributed by atoms with Gasteiger partial charge in [-0.15, -0.1) is 22.7 Å². The van der Waals surface area contributed by atoms with Crippen LogP contribution in [0.25, 0.3) is 138 Å². The summed E-state index contributed by atoms with van der Waals surface area (Å²) in [6.45, 7) is 17.0. The van der Waals surface area contributed by atoms with Gasteiger partial charge in [-0.2, -0.15) is 0 Å². The Morgan fingerprint density at radius 1 is 0.318 bits per heavy atom. The maximum atomic E-state index is 12.6. The summed E-state index contributed by atoms with van der Waals surface area (Å²) in [6, 6.07) is 47.0. The van der Waals surface area contributed by atoms with Crippen molar-refractivity contribution >= 4 is 105 Å². The van der Waals surface area contributed by atoms with E-state index in [2.05, 4.69) is 56.5 Å². The average molecular weight is 1810 g/mol. The second-order valence-electron chi connectivity index (χ2n) is 33.4. The highest BCUT2D eigenvalue weighted by molar-refractivity contribution is 7.17. The second-order valence-corrected chi connectivity index (χ2v) is 35.5. The SMILES string of the molecule is Cc1ccc2nc(-c3cc4ccc(O[C@@H]5CCNC5)cc4oc3=O)cn2c1.Cc1ccn2cc(-c3cc4ccc(O[C@@H]5CCNC5)cc4oc3=O)nc2c1.Cc1ccn2cc(-c3cc4ccc(O[C@@H]5CCNC5)cc4oc3=O)nc2n1.Cc1cn2cc(-c3cc4ccc(O[C@@H]5CCNC5)cc4oc3=O)nc2s1.O=c1oc2cc(O[C@@H]3CCNC3)ccc2cc1-c1cn2ccsc2n1. The van der Waals surface area contributed by atoms with Crippen LogP contribution < -0.4 is 78.4 Å². The lowest BCUT2D eigenvalue weighted by Gasteiger charge is -2.12. The van der Waals surface area contributed by atoms with Crippen LogP contribution in [0.15, 0.2) is 265 Å². The standard InChI is InChI=1S/2C21H19N3O3.C20H18N4O3.C19H17N3O3S.C18H15N3O3S/c1-13-2-5-20-23-18(12-24(20)11-13)17-8-14-3-4-15(9-19(14)27-21(17)25)26-16-6-7-22-10-16;1-13-5-7-24-12-18(23-20(24)8-13)17-9-14-2-3-15(10-19(14)27-21(17)25)26-16-4-6-22-11-16;1-12-5-7-24-11-17(23-20(24)22-12)16-8-13-2-3-14(9-18(13)27-19(16)25)26-15-4-6-21-10-15;1-11-9-22-10-16(21-19(22)26-11)15-6-12-2-3-13(7-17(12)25-18(15)23)24-14-4-5-20-8-14;22-17-14(15-10-21-5-6-25-18(21)20-15)7-11-1-2-12(8-16(11)24-17)23-13-3-4-19-9-13/h2-5,8-9,11-12,16,22H,6-7,10H2,1H3;2-3,5,7-10,12,16,22H,4,6,11H2,1H3;2-3,5,7-9,11,15,21H,4,6,10H2,1H3;2-3,6-7,9-10,14,20H,4-5,8H2,1H3;1-2,5-8,10,13,19H,3-4,9H2/t2*16-;15-;14-;13-/m11111/s1. The number of ether oxygens (including phenoxy) is 5. The van der Waals surface area contributed by atoms with E-state index in [1.165, 1.54) is 16.2 Å². The Hall–Kier alpha value is -14.7. The normalized spacial score (nSPS) is 17.2. The molecule has 15 aromatic heterocycles. The Balaban J connectivity index is 0.0000000995. The molecule has 25 rings (SSSR count). The number of nitrogens with zero attached hydrogens (tertiary/aromatic N) is 11.